The van der Waals surface area contributed by atoms with Crippen LogP contribution >= 0.6 is 0 Å². The van der Waals surface area contributed by atoms with Crippen LogP contribution in [0.5, 0.6) is 0 Å². The van der Waals surface area contributed by atoms with Crippen LogP contribution < -0.4 is 5.32 Å². The van der Waals surface area contributed by atoms with Crippen LogP contribution in [0.4, 0.5) is 0 Å². The van der Waals surface area contributed by atoms with Gasteiger partial charge >= 0.3 is 0 Å². The monoisotopic (exact) mass is 286 g/mol. The van der Waals surface area contributed by atoms with Crippen LogP contribution in [0, 0.1) is 5.92 Å². The van der Waals surface area contributed by atoms with Crippen LogP contribution in [0.15, 0.2) is 0 Å². The van der Waals surface area contributed by atoms with Crippen LogP contribution in [0.2, 0.25) is 0 Å². The number of hydrogen-bond acceptors (Lipinski definition) is 3. The van der Waals surface area contributed by atoms with Gasteiger partial charge in [-0.05, 0) is 31.6 Å². The maximum absolute atomic E-state index is 9.29. The minimum atomic E-state index is -0.0295. The first-order valence-corrected chi connectivity index (χ1v) is 8.67. The highest BCUT2D eigenvalue weighted by Crippen LogP contribution is 2.18. The lowest BCUT2D eigenvalue weighted by molar-refractivity contribution is 0.0757. The Morgan fingerprint density at radius 1 is 1.15 bits per heavy atom. The Kier molecular flexibility index (Phi) is 8.74. The number of rotatable bonds is 5. The van der Waals surface area contributed by atoms with E-state index in [0.717, 1.165) is 37.9 Å². The Hall–Kier alpha value is -0.120. The summed E-state index contributed by atoms with van der Waals surface area (Å²) in [5.74, 6) is 0.806. The van der Waals surface area contributed by atoms with Gasteiger partial charge in [-0.15, -0.1) is 0 Å². The first kappa shape index (κ1) is 17.9. The molecule has 1 aliphatic heterocycles. The number of nitrogens with zero attached hydrogens (tertiary/aromatic N) is 1. The van der Waals surface area contributed by atoms with Crippen molar-refractivity contribution >= 4 is 0 Å². The molecule has 1 saturated carbocycles. The van der Waals surface area contributed by atoms with Crippen LogP contribution in [0.25, 0.3) is 0 Å². The SMILES string of the molecule is CC(C)NC1CCC1.CCC(C)CN1CCC(O)CC1.[HH]. The fourth-order valence-corrected chi connectivity index (χ4v) is 2.72. The smallest absolute Gasteiger partial charge is 0.0564 e. The van der Waals surface area contributed by atoms with Crippen LogP contribution in [-0.4, -0.2) is 47.8 Å². The van der Waals surface area contributed by atoms with Crippen molar-refractivity contribution in [1.29, 1.82) is 0 Å². The topological polar surface area (TPSA) is 35.5 Å². The van der Waals surface area contributed by atoms with Gasteiger partial charge in [-0.3, -0.25) is 0 Å². The van der Waals surface area contributed by atoms with E-state index in [9.17, 15) is 5.11 Å². The van der Waals surface area contributed by atoms with E-state index in [1.54, 1.807) is 0 Å². The van der Waals surface area contributed by atoms with Crippen LogP contribution in [-0.2, 0) is 0 Å². The van der Waals surface area contributed by atoms with Gasteiger partial charge in [-0.25, -0.2) is 0 Å². The normalized spacial score (nSPS) is 23.1. The molecule has 0 aromatic heterocycles. The van der Waals surface area contributed by atoms with E-state index in [4.69, 9.17) is 0 Å². The minimum Gasteiger partial charge on any atom is -0.393 e. The molecule has 1 aliphatic carbocycles. The maximum Gasteiger partial charge on any atom is 0.0564 e. The van der Waals surface area contributed by atoms with Crippen LogP contribution in [0.1, 0.15) is 67.6 Å². The van der Waals surface area contributed by atoms with Crippen molar-refractivity contribution in [2.75, 3.05) is 19.6 Å². The lowest BCUT2D eigenvalue weighted by Gasteiger charge is -2.31. The maximum atomic E-state index is 9.29. The van der Waals surface area contributed by atoms with Gasteiger partial charge < -0.3 is 15.3 Å². The fourth-order valence-electron chi connectivity index (χ4n) is 2.72. The highest BCUT2D eigenvalue weighted by Gasteiger charge is 2.17. The molecule has 3 nitrogen and oxygen atoms in total. The van der Waals surface area contributed by atoms with Gasteiger partial charge in [0, 0.05) is 33.1 Å². The predicted octanol–water partition coefficient (Wildman–Crippen LogP) is 3.27. The molecule has 0 aromatic rings. The summed E-state index contributed by atoms with van der Waals surface area (Å²) in [5, 5.41) is 12.8. The molecule has 2 rings (SSSR count). The number of aliphatic hydroxyl groups is 1. The summed E-state index contributed by atoms with van der Waals surface area (Å²) in [4.78, 5) is 2.47. The van der Waals surface area contributed by atoms with E-state index in [1.807, 2.05) is 0 Å². The quantitative estimate of drug-likeness (QED) is 0.814. The van der Waals surface area contributed by atoms with Crippen molar-refractivity contribution in [3.05, 3.63) is 0 Å². The van der Waals surface area contributed by atoms with Crippen LogP contribution in [0.3, 0.4) is 0 Å². The van der Waals surface area contributed by atoms with Gasteiger partial charge in [0.25, 0.3) is 0 Å². The summed E-state index contributed by atoms with van der Waals surface area (Å²) in [7, 11) is 0. The second kappa shape index (κ2) is 9.75. The third-order valence-corrected chi connectivity index (χ3v) is 4.50. The number of nitrogens with one attached hydrogen (secondary N) is 1. The summed E-state index contributed by atoms with van der Waals surface area (Å²) < 4.78 is 0. The molecule has 0 bridgehead atoms. The number of likely N-dealkylation sites (tertiary alicyclic amines) is 1. The Morgan fingerprint density at radius 3 is 2.10 bits per heavy atom. The number of aliphatic hydroxyl groups excluding tert-OH is 1. The Balaban J connectivity index is 0.000000390. The van der Waals surface area contributed by atoms with E-state index in [1.165, 1.54) is 32.2 Å². The first-order chi connectivity index (χ1) is 9.51. The molecular formula is C17H38N2O. The fraction of sp³-hybridized carbons (Fsp3) is 1.00. The number of hydrogen-bond donors (Lipinski definition) is 2. The zero-order valence-corrected chi connectivity index (χ0v) is 14.1. The lowest BCUT2D eigenvalue weighted by atomic mass is 9.93. The molecule has 0 radical (unpaired) electrons. The molecule has 2 aliphatic rings. The highest BCUT2D eigenvalue weighted by atomic mass is 16.3. The van der Waals surface area contributed by atoms with Crippen molar-refractivity contribution < 1.29 is 6.53 Å². The Bertz CT molecular complexity index is 239. The molecule has 0 spiro atoms. The van der Waals surface area contributed by atoms with E-state index in [0.29, 0.717) is 6.04 Å². The third-order valence-electron chi connectivity index (χ3n) is 4.50. The largest absolute Gasteiger partial charge is 0.393 e. The zero-order valence-electron chi connectivity index (χ0n) is 14.1. The molecule has 2 fully saturated rings. The molecule has 0 amide bonds. The standard InChI is InChI=1S/C10H21NO.C7H15N.H2/c1-3-9(2)8-11-6-4-10(12)5-7-11;1-6(2)8-7-4-3-5-7;/h9-10,12H,3-8H2,1-2H3;6-8H,3-5H2,1-2H3;1H. The molecule has 2 N–H and O–H groups in total. The van der Waals surface area contributed by atoms with Crippen molar-refractivity contribution in [3.8, 4) is 0 Å². The average molecular weight is 287 g/mol. The average Bonchev–Trinajstić information content (AvgIpc) is 2.37. The Labute approximate surface area is 127 Å². The van der Waals surface area contributed by atoms with Crippen molar-refractivity contribution in [3.63, 3.8) is 0 Å². The summed E-state index contributed by atoms with van der Waals surface area (Å²) in [6.45, 7) is 12.3. The Morgan fingerprint density at radius 2 is 1.75 bits per heavy atom. The van der Waals surface area contributed by atoms with Crippen molar-refractivity contribution in [2.45, 2.75) is 84.4 Å². The van der Waals surface area contributed by atoms with Gasteiger partial charge in [-0.2, -0.15) is 0 Å². The molecule has 1 saturated heterocycles. The predicted molar refractivity (Wildman–Crippen MR) is 89.2 cm³/mol. The molecule has 1 unspecified atom stereocenters. The van der Waals surface area contributed by atoms with E-state index in [2.05, 4.69) is 37.9 Å². The summed E-state index contributed by atoms with van der Waals surface area (Å²) in [6, 6.07) is 1.54. The first-order valence-electron chi connectivity index (χ1n) is 8.67. The third kappa shape index (κ3) is 7.61. The van der Waals surface area contributed by atoms with Gasteiger partial charge in [-0.1, -0.05) is 40.5 Å². The van der Waals surface area contributed by atoms with Gasteiger partial charge in [0.15, 0.2) is 0 Å². The van der Waals surface area contributed by atoms with E-state index < -0.39 is 0 Å². The van der Waals surface area contributed by atoms with Crippen molar-refractivity contribution in [1.82, 2.24) is 10.2 Å². The molecule has 122 valence electrons. The lowest BCUT2D eigenvalue weighted by Crippen LogP contribution is -2.39. The highest BCUT2D eigenvalue weighted by molar-refractivity contribution is 4.77. The minimum absolute atomic E-state index is 0. The summed E-state index contributed by atoms with van der Waals surface area (Å²) >= 11 is 0. The number of piperidine rings is 1. The molecule has 20 heavy (non-hydrogen) atoms. The van der Waals surface area contributed by atoms with Gasteiger partial charge in [0.1, 0.15) is 0 Å². The van der Waals surface area contributed by atoms with E-state index in [-0.39, 0.29) is 7.53 Å². The summed E-state index contributed by atoms with van der Waals surface area (Å²) in [5.41, 5.74) is 0. The van der Waals surface area contributed by atoms with Gasteiger partial charge in [0.2, 0.25) is 0 Å². The zero-order chi connectivity index (χ0) is 15.0. The molecule has 1 atom stereocenters. The second-order valence-corrected chi connectivity index (χ2v) is 6.99. The molecule has 1 heterocycles. The molecule has 0 aromatic carbocycles. The molecular weight excluding hydrogens is 248 g/mol. The van der Waals surface area contributed by atoms with E-state index >= 15 is 0 Å². The van der Waals surface area contributed by atoms with Gasteiger partial charge in [0.05, 0.1) is 6.10 Å². The molecule has 3 heteroatoms. The summed E-state index contributed by atoms with van der Waals surface area (Å²) in [6.07, 6.45) is 7.41. The van der Waals surface area contributed by atoms with Crippen molar-refractivity contribution in [2.24, 2.45) is 5.92 Å². The second-order valence-electron chi connectivity index (χ2n) is 6.99.